The Morgan fingerprint density at radius 3 is 2.33 bits per heavy atom. The van der Waals surface area contributed by atoms with Gasteiger partial charge in [-0.1, -0.05) is 0 Å². The van der Waals surface area contributed by atoms with Crippen LogP contribution in [0.25, 0.3) is 20.1 Å². The van der Waals surface area contributed by atoms with Crippen molar-refractivity contribution in [2.75, 3.05) is 0 Å². The average molecular weight is 646 g/mol. The van der Waals surface area contributed by atoms with E-state index in [0.717, 1.165) is 29.1 Å². The van der Waals surface area contributed by atoms with E-state index in [4.69, 9.17) is 9.98 Å². The monoisotopic (exact) mass is 648 g/mol. The van der Waals surface area contributed by atoms with Gasteiger partial charge in [-0.3, -0.25) is 0 Å². The Bertz CT molecular complexity index is 1260. The topological polar surface area (TPSA) is 25.2 Å². The second kappa shape index (κ2) is 7.56. The minimum absolute atomic E-state index is 0.951. The molecule has 0 saturated heterocycles. The van der Waals surface area contributed by atoms with Crippen molar-refractivity contribution < 1.29 is 0 Å². The van der Waals surface area contributed by atoms with Crippen LogP contribution in [0.5, 0.6) is 0 Å². The average Bonchev–Trinajstić information content (AvgIpc) is 3.41. The molecule has 0 unspecified atom stereocenters. The van der Waals surface area contributed by atoms with Crippen molar-refractivity contribution in [1.82, 2.24) is 4.98 Å². The molecule has 6 heteroatoms. The van der Waals surface area contributed by atoms with Crippen LogP contribution < -0.4 is 2.89 Å². The maximum absolute atomic E-state index is 5.05. The van der Waals surface area contributed by atoms with Crippen LogP contribution in [0.1, 0.15) is 12.0 Å². The Hall–Kier alpha value is -0.443. The summed E-state index contributed by atoms with van der Waals surface area (Å²) in [7, 11) is 0. The normalized spacial score (nSPS) is 16.7. The number of hydrogen-bond acceptors (Lipinski definition) is 4. The summed E-state index contributed by atoms with van der Waals surface area (Å²) in [4.78, 5) is 26.3. The number of aliphatic imine (C=N–C) groups is 1. The number of hydrogen-bond donors (Lipinski definition) is 0. The van der Waals surface area contributed by atoms with Crippen molar-refractivity contribution in [1.29, 1.82) is 0 Å². The Kier molecular flexibility index (Phi) is 5.39. The molecule has 0 spiro atoms. The number of aromatic nitrogens is 1. The predicted octanol–water partition coefficient (Wildman–Crippen LogP) is 7.33. The van der Waals surface area contributed by atoms with Crippen LogP contribution >= 0.6 is 22.7 Å². The second-order valence-corrected chi connectivity index (χ2v) is 42.6. The number of allylic oxidation sites excluding steroid dienone is 4. The number of thiophene rings is 1. The second-order valence-electron chi connectivity index (χ2n) is 10.4. The SMILES string of the molecule is [CH3][Sn]([CH3])([CH3])[C]1=CC=C(C2=Nc3cc4sc(-c5cc[c]([Sn]([CH3])([CH3])[CH3])s5)nc4cc3C2)C1. The van der Waals surface area contributed by atoms with Crippen LogP contribution in [0, 0.1) is 0 Å². The van der Waals surface area contributed by atoms with Gasteiger partial charge in [0.15, 0.2) is 0 Å². The maximum atomic E-state index is 5.05. The molecule has 1 aromatic carbocycles. The van der Waals surface area contributed by atoms with Gasteiger partial charge in [0.05, 0.1) is 0 Å². The van der Waals surface area contributed by atoms with Crippen molar-refractivity contribution in [3.05, 3.63) is 51.1 Å². The van der Waals surface area contributed by atoms with E-state index in [1.54, 1.807) is 6.48 Å². The van der Waals surface area contributed by atoms with E-state index in [-0.39, 0.29) is 0 Å². The fraction of sp³-hybridized carbons (Fsp3) is 0.333. The van der Waals surface area contributed by atoms with Gasteiger partial charge >= 0.3 is 197 Å². The summed E-state index contributed by atoms with van der Waals surface area (Å²) in [6.07, 6.45) is 6.80. The van der Waals surface area contributed by atoms with Gasteiger partial charge in [-0.05, 0) is 0 Å². The Balaban J connectivity index is 1.42. The molecule has 5 rings (SSSR count). The van der Waals surface area contributed by atoms with E-state index in [2.05, 4.69) is 66.1 Å². The van der Waals surface area contributed by atoms with Gasteiger partial charge in [0.1, 0.15) is 0 Å². The third kappa shape index (κ3) is 4.02. The van der Waals surface area contributed by atoms with Crippen molar-refractivity contribution in [3.8, 4) is 9.88 Å². The molecule has 0 atom stereocenters. The Morgan fingerprint density at radius 2 is 1.67 bits per heavy atom. The summed E-state index contributed by atoms with van der Waals surface area (Å²) in [5, 5.41) is 1.16. The van der Waals surface area contributed by atoms with Crippen molar-refractivity contribution in [2.45, 2.75) is 42.5 Å². The van der Waals surface area contributed by atoms with E-state index < -0.39 is 36.8 Å². The summed E-state index contributed by atoms with van der Waals surface area (Å²) >= 11 is -0.200. The molecule has 0 amide bonds. The fourth-order valence-corrected chi connectivity index (χ4v) is 15.1. The third-order valence-electron chi connectivity index (χ3n) is 5.96. The number of nitrogens with zero attached hydrogens (tertiary/aromatic N) is 2. The van der Waals surface area contributed by atoms with Gasteiger partial charge in [0.25, 0.3) is 0 Å². The van der Waals surface area contributed by atoms with Crippen molar-refractivity contribution >= 4 is 83.9 Å². The van der Waals surface area contributed by atoms with E-state index >= 15 is 0 Å². The van der Waals surface area contributed by atoms with E-state index in [1.165, 1.54) is 26.4 Å². The van der Waals surface area contributed by atoms with Crippen LogP contribution in [0.15, 0.2) is 50.6 Å². The van der Waals surface area contributed by atoms with E-state index in [0.29, 0.717) is 0 Å². The first-order valence-electron chi connectivity index (χ1n) is 10.6. The number of benzene rings is 1. The fourth-order valence-electron chi connectivity index (χ4n) is 4.00. The third-order valence-corrected chi connectivity index (χ3v) is 24.2. The molecule has 0 bridgehead atoms. The molecule has 2 aromatic heterocycles. The van der Waals surface area contributed by atoms with Crippen LogP contribution in [0.4, 0.5) is 5.69 Å². The molecule has 1 aliphatic heterocycles. The van der Waals surface area contributed by atoms with Crippen molar-refractivity contribution in [3.63, 3.8) is 0 Å². The summed E-state index contributed by atoms with van der Waals surface area (Å²) < 4.78 is 4.58. The van der Waals surface area contributed by atoms with E-state index in [9.17, 15) is 0 Å². The Morgan fingerprint density at radius 1 is 0.867 bits per heavy atom. The summed E-state index contributed by atoms with van der Waals surface area (Å²) in [5.41, 5.74) is 6.32. The van der Waals surface area contributed by atoms with Gasteiger partial charge in [-0.25, -0.2) is 0 Å². The molecule has 3 heterocycles. The zero-order valence-electron chi connectivity index (χ0n) is 18.6. The Labute approximate surface area is 195 Å². The number of fused-ring (bicyclic) bond motifs is 2. The molecule has 2 aliphatic rings. The summed E-state index contributed by atoms with van der Waals surface area (Å²) in [6, 6.07) is 9.17. The number of rotatable bonds is 4. The van der Waals surface area contributed by atoms with Crippen LogP contribution in [0.2, 0.25) is 29.6 Å². The van der Waals surface area contributed by atoms with Crippen LogP contribution in [0.3, 0.4) is 0 Å². The molecular formula is C24H28N2S2Sn2. The molecule has 0 radical (unpaired) electrons. The van der Waals surface area contributed by atoms with Crippen molar-refractivity contribution in [2.24, 2.45) is 4.99 Å². The zero-order chi connectivity index (χ0) is 21.3. The molecule has 1 aliphatic carbocycles. The summed E-state index contributed by atoms with van der Waals surface area (Å²) in [5.74, 6) is 0. The molecule has 30 heavy (non-hydrogen) atoms. The standard InChI is InChI=1S/C18H10N2S2.6CH3.2Sn/c1-2-5-11(4-1)13-8-12-9-15-17(10-14(12)19-13)22-18(20-15)16-6-3-7-21-16;;;;;;;;/h1,3-4,6,9-10H,5,8H2;6*1H3;;. The molecule has 0 saturated carbocycles. The summed E-state index contributed by atoms with van der Waals surface area (Å²) in [6.45, 7) is 0. The van der Waals surface area contributed by atoms with Gasteiger partial charge < -0.3 is 0 Å². The van der Waals surface area contributed by atoms with Crippen LogP contribution in [-0.4, -0.2) is 47.4 Å². The molecule has 0 fully saturated rings. The molecule has 154 valence electrons. The van der Waals surface area contributed by atoms with Gasteiger partial charge in [0, 0.05) is 0 Å². The van der Waals surface area contributed by atoms with Gasteiger partial charge in [-0.2, -0.15) is 0 Å². The van der Waals surface area contributed by atoms with E-state index in [1.807, 2.05) is 22.7 Å². The first kappa shape index (κ1) is 21.4. The zero-order valence-corrected chi connectivity index (χ0v) is 25.9. The van der Waals surface area contributed by atoms with Gasteiger partial charge in [-0.15, -0.1) is 0 Å². The first-order chi connectivity index (χ1) is 14.1. The predicted molar refractivity (Wildman–Crippen MR) is 141 cm³/mol. The van der Waals surface area contributed by atoms with Gasteiger partial charge in [0.2, 0.25) is 0 Å². The molecular weight excluding hydrogens is 618 g/mol. The molecule has 3 aromatic rings. The quantitative estimate of drug-likeness (QED) is 0.273. The molecule has 2 nitrogen and oxygen atoms in total. The molecule has 0 N–H and O–H groups in total. The minimum atomic E-state index is -2.01. The number of thiazole rings is 1. The first-order valence-corrected chi connectivity index (χ1v) is 32.2. The van der Waals surface area contributed by atoms with Crippen LogP contribution in [-0.2, 0) is 6.42 Å².